The van der Waals surface area contributed by atoms with Crippen molar-refractivity contribution in [1.82, 2.24) is 10.2 Å². The standard InChI is InChI=1S/C35H45N3O5/c1-9-20-38(33(41)29(36-34(42)43-35(6,7)8)21-26-16-18-27(39)19-17-26)31(28-15-11-12-22(2)25(28)5)32(40)37-30-23(3)13-10-14-24(30)4/h10-19,29,31,39H,9,20-21H2,1-8H3,(H,36,42)(H,37,40). The Morgan fingerprint density at radius 2 is 1.47 bits per heavy atom. The number of nitrogens with zero attached hydrogens (tertiary/aromatic N) is 1. The van der Waals surface area contributed by atoms with Crippen molar-refractivity contribution in [3.8, 4) is 5.75 Å². The van der Waals surface area contributed by atoms with Gasteiger partial charge in [0.15, 0.2) is 0 Å². The lowest BCUT2D eigenvalue weighted by atomic mass is 9.94. The Kier molecular flexibility index (Phi) is 11.0. The first kappa shape index (κ1) is 33.2. The van der Waals surface area contributed by atoms with Gasteiger partial charge < -0.3 is 25.4 Å². The van der Waals surface area contributed by atoms with E-state index in [-0.39, 0.29) is 24.6 Å². The summed E-state index contributed by atoms with van der Waals surface area (Å²) in [7, 11) is 0. The Morgan fingerprint density at radius 3 is 2.05 bits per heavy atom. The second kappa shape index (κ2) is 14.2. The Morgan fingerprint density at radius 1 is 0.884 bits per heavy atom. The minimum atomic E-state index is -1.04. The fourth-order valence-electron chi connectivity index (χ4n) is 5.05. The van der Waals surface area contributed by atoms with Crippen LogP contribution in [0.1, 0.15) is 73.5 Å². The van der Waals surface area contributed by atoms with Gasteiger partial charge in [0.2, 0.25) is 5.91 Å². The highest BCUT2D eigenvalue weighted by Crippen LogP contribution is 2.30. The maximum atomic E-state index is 14.5. The monoisotopic (exact) mass is 587 g/mol. The number of anilines is 1. The van der Waals surface area contributed by atoms with Crippen LogP contribution in [0.2, 0.25) is 0 Å². The Hall–Kier alpha value is -4.33. The SMILES string of the molecule is CCCN(C(=O)C(Cc1ccc(O)cc1)NC(=O)OC(C)(C)C)C(C(=O)Nc1c(C)cccc1C)c1cccc(C)c1C. The van der Waals surface area contributed by atoms with Gasteiger partial charge in [0, 0.05) is 18.7 Å². The van der Waals surface area contributed by atoms with E-state index in [2.05, 4.69) is 10.6 Å². The number of carbonyl (C=O) groups is 3. The molecule has 0 saturated carbocycles. The van der Waals surface area contributed by atoms with Gasteiger partial charge in [0.05, 0.1) is 0 Å². The molecule has 0 heterocycles. The summed E-state index contributed by atoms with van der Waals surface area (Å²) in [6, 6.07) is 16.0. The predicted molar refractivity (Wildman–Crippen MR) is 170 cm³/mol. The number of hydrogen-bond donors (Lipinski definition) is 3. The molecule has 3 N–H and O–H groups in total. The van der Waals surface area contributed by atoms with E-state index < -0.39 is 29.7 Å². The van der Waals surface area contributed by atoms with Crippen LogP contribution < -0.4 is 10.6 Å². The number of para-hydroxylation sites is 1. The fraction of sp³-hybridized carbons (Fsp3) is 0.400. The first-order valence-electron chi connectivity index (χ1n) is 14.7. The summed E-state index contributed by atoms with van der Waals surface area (Å²) in [5.41, 5.74) is 5.12. The molecule has 0 bridgehead atoms. The van der Waals surface area contributed by atoms with Crippen LogP contribution in [-0.2, 0) is 20.7 Å². The molecule has 8 heteroatoms. The van der Waals surface area contributed by atoms with Gasteiger partial charge in [-0.05, 0) is 100 Å². The van der Waals surface area contributed by atoms with Crippen LogP contribution in [-0.4, -0.2) is 46.1 Å². The molecule has 2 atom stereocenters. The molecule has 0 saturated heterocycles. The molecule has 3 aromatic rings. The van der Waals surface area contributed by atoms with Gasteiger partial charge in [0.1, 0.15) is 23.4 Å². The van der Waals surface area contributed by atoms with Crippen LogP contribution >= 0.6 is 0 Å². The maximum absolute atomic E-state index is 14.5. The number of phenolic OH excluding ortho intramolecular Hbond substituents is 1. The van der Waals surface area contributed by atoms with E-state index in [0.29, 0.717) is 17.7 Å². The van der Waals surface area contributed by atoms with E-state index in [0.717, 1.165) is 27.8 Å². The summed E-state index contributed by atoms with van der Waals surface area (Å²) in [6.07, 6.45) is -0.0111. The summed E-state index contributed by atoms with van der Waals surface area (Å²) in [5, 5.41) is 15.7. The molecule has 0 aliphatic rings. The van der Waals surface area contributed by atoms with E-state index in [4.69, 9.17) is 4.74 Å². The van der Waals surface area contributed by atoms with E-state index in [1.165, 1.54) is 12.1 Å². The van der Waals surface area contributed by atoms with Crippen molar-refractivity contribution in [3.63, 3.8) is 0 Å². The lowest BCUT2D eigenvalue weighted by molar-refractivity contribution is -0.140. The number of benzene rings is 3. The molecule has 3 amide bonds. The van der Waals surface area contributed by atoms with Crippen LogP contribution in [0, 0.1) is 27.7 Å². The zero-order chi connectivity index (χ0) is 31.9. The number of rotatable bonds is 10. The van der Waals surface area contributed by atoms with Crippen LogP contribution in [0.3, 0.4) is 0 Å². The second-order valence-corrected chi connectivity index (χ2v) is 12.0. The van der Waals surface area contributed by atoms with Crippen LogP contribution in [0.4, 0.5) is 10.5 Å². The molecule has 0 spiro atoms. The molecule has 230 valence electrons. The maximum Gasteiger partial charge on any atom is 0.408 e. The summed E-state index contributed by atoms with van der Waals surface area (Å²) >= 11 is 0. The predicted octanol–water partition coefficient (Wildman–Crippen LogP) is 6.68. The number of nitrogens with one attached hydrogen (secondary N) is 2. The largest absolute Gasteiger partial charge is 0.508 e. The number of alkyl carbamates (subject to hydrolysis) is 1. The molecule has 0 aromatic heterocycles. The summed E-state index contributed by atoms with van der Waals surface area (Å²) in [5.74, 6) is -0.658. The second-order valence-electron chi connectivity index (χ2n) is 12.0. The number of aryl methyl sites for hydroxylation is 3. The van der Waals surface area contributed by atoms with Gasteiger partial charge in [0.25, 0.3) is 5.91 Å². The van der Waals surface area contributed by atoms with E-state index in [1.807, 2.05) is 71.0 Å². The van der Waals surface area contributed by atoms with Gasteiger partial charge in [-0.3, -0.25) is 9.59 Å². The fourth-order valence-corrected chi connectivity index (χ4v) is 5.05. The smallest absolute Gasteiger partial charge is 0.408 e. The highest BCUT2D eigenvalue weighted by atomic mass is 16.6. The molecule has 3 aromatic carbocycles. The zero-order valence-corrected chi connectivity index (χ0v) is 26.6. The molecule has 43 heavy (non-hydrogen) atoms. The third-order valence-corrected chi connectivity index (χ3v) is 7.34. The van der Waals surface area contributed by atoms with Gasteiger partial charge in [-0.25, -0.2) is 4.79 Å². The molecule has 0 radical (unpaired) electrons. The number of phenols is 1. The van der Waals surface area contributed by atoms with Crippen molar-refractivity contribution >= 4 is 23.6 Å². The molecular formula is C35H45N3O5. The molecule has 0 fully saturated rings. The van der Waals surface area contributed by atoms with Crippen LogP contribution in [0.15, 0.2) is 60.7 Å². The number of carbonyl (C=O) groups excluding carboxylic acids is 3. The van der Waals surface area contributed by atoms with E-state index in [9.17, 15) is 19.5 Å². The van der Waals surface area contributed by atoms with Gasteiger partial charge in [-0.1, -0.05) is 55.5 Å². The van der Waals surface area contributed by atoms with Crippen molar-refractivity contribution in [3.05, 3.63) is 94.0 Å². The van der Waals surface area contributed by atoms with Crippen molar-refractivity contribution in [2.75, 3.05) is 11.9 Å². The average Bonchev–Trinajstić information content (AvgIpc) is 2.92. The molecular weight excluding hydrogens is 542 g/mol. The Balaban J connectivity index is 2.11. The number of amides is 3. The zero-order valence-electron chi connectivity index (χ0n) is 26.6. The van der Waals surface area contributed by atoms with Gasteiger partial charge >= 0.3 is 6.09 Å². The lowest BCUT2D eigenvalue weighted by Crippen LogP contribution is -2.53. The van der Waals surface area contributed by atoms with Crippen molar-refractivity contribution in [1.29, 1.82) is 0 Å². The van der Waals surface area contributed by atoms with Gasteiger partial charge in [-0.2, -0.15) is 0 Å². The minimum Gasteiger partial charge on any atom is -0.508 e. The number of hydrogen-bond acceptors (Lipinski definition) is 5. The third kappa shape index (κ3) is 8.83. The van der Waals surface area contributed by atoms with Crippen molar-refractivity contribution in [2.45, 2.75) is 85.9 Å². The normalized spacial score (nSPS) is 12.7. The quantitative estimate of drug-likeness (QED) is 0.245. The van der Waals surface area contributed by atoms with Crippen molar-refractivity contribution in [2.24, 2.45) is 0 Å². The van der Waals surface area contributed by atoms with E-state index >= 15 is 0 Å². The molecule has 8 nitrogen and oxygen atoms in total. The molecule has 3 rings (SSSR count). The summed E-state index contributed by atoms with van der Waals surface area (Å²) in [6.45, 7) is 15.3. The molecule has 0 aliphatic carbocycles. The van der Waals surface area contributed by atoms with Crippen LogP contribution in [0.5, 0.6) is 5.75 Å². The van der Waals surface area contributed by atoms with E-state index in [1.54, 1.807) is 37.8 Å². The Bertz CT molecular complexity index is 1420. The molecule has 2 unspecified atom stereocenters. The Labute approximate surface area is 255 Å². The highest BCUT2D eigenvalue weighted by molar-refractivity contribution is 6.00. The topological polar surface area (TPSA) is 108 Å². The number of ether oxygens (including phenoxy) is 1. The summed E-state index contributed by atoms with van der Waals surface area (Å²) in [4.78, 5) is 43.3. The van der Waals surface area contributed by atoms with Crippen LogP contribution in [0.25, 0.3) is 0 Å². The molecule has 0 aliphatic heterocycles. The first-order chi connectivity index (χ1) is 20.2. The number of aromatic hydroxyl groups is 1. The summed E-state index contributed by atoms with van der Waals surface area (Å²) < 4.78 is 5.51. The lowest BCUT2D eigenvalue weighted by Gasteiger charge is -2.35. The van der Waals surface area contributed by atoms with Crippen molar-refractivity contribution < 1.29 is 24.2 Å². The highest BCUT2D eigenvalue weighted by Gasteiger charge is 2.37. The van der Waals surface area contributed by atoms with Gasteiger partial charge in [-0.15, -0.1) is 0 Å². The minimum absolute atomic E-state index is 0.0949. The first-order valence-corrected chi connectivity index (χ1v) is 14.7. The average molecular weight is 588 g/mol. The third-order valence-electron chi connectivity index (χ3n) is 7.34.